The number of rotatable bonds is 7. The van der Waals surface area contributed by atoms with Crippen LogP contribution in [-0.4, -0.2) is 17.3 Å². The predicted molar refractivity (Wildman–Crippen MR) is 66.9 cm³/mol. The molecular weight excluding hydrogens is 200 g/mol. The number of Topliss-reactive ketones (excluding diaryl/α,β-unsaturated/α-hetero) is 1. The zero-order valence-corrected chi connectivity index (χ0v) is 10.1. The fourth-order valence-corrected chi connectivity index (χ4v) is 1.49. The third-order valence-corrected chi connectivity index (χ3v) is 2.41. The fraction of sp³-hybridized carbons (Fsp3) is 0.538. The van der Waals surface area contributed by atoms with E-state index in [-0.39, 0.29) is 5.78 Å². The van der Waals surface area contributed by atoms with Gasteiger partial charge in [-0.3, -0.25) is 4.79 Å². The van der Waals surface area contributed by atoms with Gasteiger partial charge in [0.05, 0.1) is 5.56 Å². The Morgan fingerprint density at radius 3 is 2.88 bits per heavy atom. The molecule has 3 nitrogen and oxygen atoms in total. The smallest absolute Gasteiger partial charge is 0.166 e. The maximum absolute atomic E-state index is 11.9. The summed E-state index contributed by atoms with van der Waals surface area (Å²) >= 11 is 0. The van der Waals surface area contributed by atoms with E-state index >= 15 is 0 Å². The highest BCUT2D eigenvalue weighted by atomic mass is 16.1. The minimum Gasteiger partial charge on any atom is -0.369 e. The van der Waals surface area contributed by atoms with Gasteiger partial charge in [0.2, 0.25) is 0 Å². The molecule has 1 aromatic heterocycles. The number of nitrogens with zero attached hydrogens (tertiary/aromatic N) is 1. The molecule has 0 amide bonds. The van der Waals surface area contributed by atoms with E-state index in [9.17, 15) is 4.79 Å². The minimum atomic E-state index is 0.188. The normalized spacial score (nSPS) is 10.1. The van der Waals surface area contributed by atoms with Crippen LogP contribution in [0.25, 0.3) is 0 Å². The Hall–Kier alpha value is -1.38. The Labute approximate surface area is 97.3 Å². The van der Waals surface area contributed by atoms with E-state index in [1.54, 1.807) is 6.20 Å². The minimum absolute atomic E-state index is 0.188. The van der Waals surface area contributed by atoms with Crippen molar-refractivity contribution in [1.29, 1.82) is 0 Å². The molecule has 1 heterocycles. The molecule has 0 aliphatic heterocycles. The van der Waals surface area contributed by atoms with E-state index in [1.807, 2.05) is 12.1 Å². The number of unbranched alkanes of at least 4 members (excludes halogenated alkanes) is 1. The Bertz CT molecular complexity index is 336. The zero-order valence-electron chi connectivity index (χ0n) is 10.1. The lowest BCUT2D eigenvalue weighted by Gasteiger charge is -2.08. The Morgan fingerprint density at radius 2 is 2.19 bits per heavy atom. The lowest BCUT2D eigenvalue weighted by Crippen LogP contribution is -2.09. The molecule has 0 unspecified atom stereocenters. The van der Waals surface area contributed by atoms with Crippen molar-refractivity contribution in [3.63, 3.8) is 0 Å². The lowest BCUT2D eigenvalue weighted by atomic mass is 10.1. The van der Waals surface area contributed by atoms with Crippen molar-refractivity contribution in [2.75, 3.05) is 11.9 Å². The van der Waals surface area contributed by atoms with Gasteiger partial charge < -0.3 is 5.32 Å². The third-order valence-electron chi connectivity index (χ3n) is 2.41. The summed E-state index contributed by atoms with van der Waals surface area (Å²) in [7, 11) is 0. The SMILES string of the molecule is CCCCC(=O)c1cccnc1NCCC. The number of pyridine rings is 1. The molecule has 0 fully saturated rings. The molecule has 0 saturated carbocycles. The van der Waals surface area contributed by atoms with Gasteiger partial charge in [-0.05, 0) is 25.0 Å². The number of ketones is 1. The van der Waals surface area contributed by atoms with Gasteiger partial charge in [-0.1, -0.05) is 20.3 Å². The van der Waals surface area contributed by atoms with Gasteiger partial charge in [-0.2, -0.15) is 0 Å². The molecule has 1 N–H and O–H groups in total. The van der Waals surface area contributed by atoms with E-state index in [4.69, 9.17) is 0 Å². The third kappa shape index (κ3) is 3.65. The summed E-state index contributed by atoms with van der Waals surface area (Å²) in [5, 5.41) is 3.19. The van der Waals surface area contributed by atoms with Gasteiger partial charge >= 0.3 is 0 Å². The first-order chi connectivity index (χ1) is 7.79. The average Bonchev–Trinajstić information content (AvgIpc) is 2.33. The fourth-order valence-electron chi connectivity index (χ4n) is 1.49. The zero-order chi connectivity index (χ0) is 11.8. The number of anilines is 1. The molecule has 1 rings (SSSR count). The van der Waals surface area contributed by atoms with Gasteiger partial charge in [-0.15, -0.1) is 0 Å². The van der Waals surface area contributed by atoms with E-state index in [0.29, 0.717) is 6.42 Å². The van der Waals surface area contributed by atoms with Crippen LogP contribution in [0.2, 0.25) is 0 Å². The Kier molecular flexibility index (Phi) is 5.54. The first kappa shape index (κ1) is 12.7. The number of nitrogens with one attached hydrogen (secondary N) is 1. The molecule has 1 aromatic rings. The van der Waals surface area contributed by atoms with Crippen molar-refractivity contribution in [2.24, 2.45) is 0 Å². The number of carbonyl (C=O) groups is 1. The molecular formula is C13H20N2O. The molecule has 0 aliphatic carbocycles. The molecule has 3 heteroatoms. The molecule has 0 saturated heterocycles. The molecule has 0 aliphatic rings. The van der Waals surface area contributed by atoms with Gasteiger partial charge in [-0.25, -0.2) is 4.98 Å². The van der Waals surface area contributed by atoms with Crippen LogP contribution in [0.15, 0.2) is 18.3 Å². The number of hydrogen-bond acceptors (Lipinski definition) is 3. The second-order valence-electron chi connectivity index (χ2n) is 3.85. The summed E-state index contributed by atoms with van der Waals surface area (Å²) in [6.45, 7) is 5.03. The quantitative estimate of drug-likeness (QED) is 0.717. The van der Waals surface area contributed by atoms with E-state index < -0.39 is 0 Å². The molecule has 88 valence electrons. The number of aromatic nitrogens is 1. The van der Waals surface area contributed by atoms with Gasteiger partial charge in [0.1, 0.15) is 5.82 Å². The summed E-state index contributed by atoms with van der Waals surface area (Å²) in [6.07, 6.45) is 5.35. The first-order valence-electron chi connectivity index (χ1n) is 6.01. The summed E-state index contributed by atoms with van der Waals surface area (Å²) in [4.78, 5) is 16.1. The second kappa shape index (κ2) is 6.99. The molecule has 0 radical (unpaired) electrons. The van der Waals surface area contributed by atoms with Gasteiger partial charge in [0.25, 0.3) is 0 Å². The van der Waals surface area contributed by atoms with Crippen molar-refractivity contribution < 1.29 is 4.79 Å². The highest BCUT2D eigenvalue weighted by Crippen LogP contribution is 2.15. The maximum Gasteiger partial charge on any atom is 0.166 e. The predicted octanol–water partition coefficient (Wildman–Crippen LogP) is 3.28. The van der Waals surface area contributed by atoms with Crippen LogP contribution in [0.3, 0.4) is 0 Å². The van der Waals surface area contributed by atoms with Crippen LogP contribution in [-0.2, 0) is 0 Å². The number of hydrogen-bond donors (Lipinski definition) is 1. The number of carbonyl (C=O) groups excluding carboxylic acids is 1. The van der Waals surface area contributed by atoms with E-state index in [1.165, 1.54) is 0 Å². The summed E-state index contributed by atoms with van der Waals surface area (Å²) in [6, 6.07) is 3.67. The average molecular weight is 220 g/mol. The Balaban J connectivity index is 2.73. The summed E-state index contributed by atoms with van der Waals surface area (Å²) in [5.41, 5.74) is 0.726. The van der Waals surface area contributed by atoms with Crippen LogP contribution in [0.4, 0.5) is 5.82 Å². The van der Waals surface area contributed by atoms with E-state index in [2.05, 4.69) is 24.1 Å². The van der Waals surface area contributed by atoms with Crippen molar-refractivity contribution in [3.8, 4) is 0 Å². The van der Waals surface area contributed by atoms with Crippen molar-refractivity contribution in [1.82, 2.24) is 4.98 Å². The van der Waals surface area contributed by atoms with Crippen LogP contribution in [0.1, 0.15) is 49.9 Å². The van der Waals surface area contributed by atoms with Crippen LogP contribution < -0.4 is 5.32 Å². The molecule has 0 aromatic carbocycles. The highest BCUT2D eigenvalue weighted by molar-refractivity contribution is 6.00. The van der Waals surface area contributed by atoms with Crippen molar-refractivity contribution >= 4 is 11.6 Å². The molecule has 0 spiro atoms. The van der Waals surface area contributed by atoms with Gasteiger partial charge in [0, 0.05) is 19.2 Å². The summed E-state index contributed by atoms with van der Waals surface area (Å²) in [5.74, 6) is 0.916. The largest absolute Gasteiger partial charge is 0.369 e. The van der Waals surface area contributed by atoms with Crippen LogP contribution in [0.5, 0.6) is 0 Å². The topological polar surface area (TPSA) is 42.0 Å². The highest BCUT2D eigenvalue weighted by Gasteiger charge is 2.10. The lowest BCUT2D eigenvalue weighted by molar-refractivity contribution is 0.0980. The summed E-state index contributed by atoms with van der Waals surface area (Å²) < 4.78 is 0. The monoisotopic (exact) mass is 220 g/mol. The maximum atomic E-state index is 11.9. The molecule has 16 heavy (non-hydrogen) atoms. The second-order valence-corrected chi connectivity index (χ2v) is 3.85. The Morgan fingerprint density at radius 1 is 1.38 bits per heavy atom. The van der Waals surface area contributed by atoms with Crippen LogP contribution >= 0.6 is 0 Å². The standard InChI is InChI=1S/C13H20N2O/c1-3-5-8-12(16)11-7-6-10-15-13(11)14-9-4-2/h6-7,10H,3-5,8-9H2,1-2H3,(H,14,15). The van der Waals surface area contributed by atoms with E-state index in [0.717, 1.165) is 37.2 Å². The first-order valence-corrected chi connectivity index (χ1v) is 6.01. The van der Waals surface area contributed by atoms with Crippen LogP contribution in [0, 0.1) is 0 Å². The van der Waals surface area contributed by atoms with Gasteiger partial charge in [0.15, 0.2) is 5.78 Å². The molecule has 0 bridgehead atoms. The van der Waals surface area contributed by atoms with Crippen molar-refractivity contribution in [3.05, 3.63) is 23.9 Å². The van der Waals surface area contributed by atoms with Crippen molar-refractivity contribution in [2.45, 2.75) is 39.5 Å². The molecule has 0 atom stereocenters.